The first-order valence-electron chi connectivity index (χ1n) is 8.49. The zero-order valence-electron chi connectivity index (χ0n) is 12.9. The molecular formula is C17H30N2. The summed E-state index contributed by atoms with van der Waals surface area (Å²) < 4.78 is 0. The number of rotatable bonds is 3. The molecule has 4 aliphatic rings. The van der Waals surface area contributed by atoms with E-state index >= 15 is 0 Å². The van der Waals surface area contributed by atoms with E-state index in [9.17, 15) is 0 Å². The van der Waals surface area contributed by atoms with Crippen LogP contribution in [0.3, 0.4) is 0 Å². The SMILES string of the molecule is CC12CCC(C1)C(C)(C)C2N1CCC(NC2CC2)C1. The van der Waals surface area contributed by atoms with E-state index in [0.29, 0.717) is 10.8 Å². The number of likely N-dealkylation sites (tertiary alicyclic amines) is 1. The van der Waals surface area contributed by atoms with Crippen molar-refractivity contribution in [3.8, 4) is 0 Å². The summed E-state index contributed by atoms with van der Waals surface area (Å²) in [7, 11) is 0. The van der Waals surface area contributed by atoms with Crippen LogP contribution in [0.15, 0.2) is 0 Å². The summed E-state index contributed by atoms with van der Waals surface area (Å²) in [5.74, 6) is 0.984. The van der Waals surface area contributed by atoms with Crippen molar-refractivity contribution in [2.45, 2.75) is 77.4 Å². The van der Waals surface area contributed by atoms with Gasteiger partial charge in [0.05, 0.1) is 0 Å². The van der Waals surface area contributed by atoms with E-state index in [-0.39, 0.29) is 0 Å². The van der Waals surface area contributed by atoms with E-state index in [2.05, 4.69) is 31.0 Å². The molecule has 4 fully saturated rings. The summed E-state index contributed by atoms with van der Waals surface area (Å²) >= 11 is 0. The third-order valence-electron chi connectivity index (χ3n) is 6.83. The van der Waals surface area contributed by atoms with E-state index in [0.717, 1.165) is 24.0 Å². The van der Waals surface area contributed by atoms with Crippen LogP contribution in [0.2, 0.25) is 0 Å². The lowest BCUT2D eigenvalue weighted by atomic mass is 9.68. The highest BCUT2D eigenvalue weighted by Crippen LogP contribution is 2.64. The Hall–Kier alpha value is -0.0800. The molecule has 4 atom stereocenters. The van der Waals surface area contributed by atoms with E-state index < -0.39 is 0 Å². The van der Waals surface area contributed by atoms with Crippen LogP contribution in [-0.4, -0.2) is 36.1 Å². The summed E-state index contributed by atoms with van der Waals surface area (Å²) in [6.45, 7) is 10.3. The predicted molar refractivity (Wildman–Crippen MR) is 79.2 cm³/mol. The maximum Gasteiger partial charge on any atom is 0.0209 e. The molecule has 1 saturated heterocycles. The molecule has 19 heavy (non-hydrogen) atoms. The summed E-state index contributed by atoms with van der Waals surface area (Å²) in [6.07, 6.45) is 8.67. The molecule has 2 nitrogen and oxygen atoms in total. The Kier molecular flexibility index (Phi) is 2.65. The van der Waals surface area contributed by atoms with Gasteiger partial charge in [0.25, 0.3) is 0 Å². The fourth-order valence-electron chi connectivity index (χ4n) is 5.93. The van der Waals surface area contributed by atoms with Gasteiger partial charge in [0.15, 0.2) is 0 Å². The van der Waals surface area contributed by atoms with Crippen LogP contribution >= 0.6 is 0 Å². The fraction of sp³-hybridized carbons (Fsp3) is 1.00. The van der Waals surface area contributed by atoms with Crippen LogP contribution in [0.1, 0.15) is 59.3 Å². The molecule has 0 amide bonds. The Labute approximate surface area is 118 Å². The summed E-state index contributed by atoms with van der Waals surface area (Å²) in [6, 6.07) is 2.49. The Bertz CT molecular complexity index is 369. The number of fused-ring (bicyclic) bond motifs is 2. The van der Waals surface area contributed by atoms with Crippen molar-refractivity contribution in [3.63, 3.8) is 0 Å². The third kappa shape index (κ3) is 1.90. The van der Waals surface area contributed by atoms with E-state index in [1.54, 1.807) is 0 Å². The molecule has 0 spiro atoms. The van der Waals surface area contributed by atoms with Crippen LogP contribution in [0.4, 0.5) is 0 Å². The molecule has 3 aliphatic carbocycles. The number of hydrogen-bond acceptors (Lipinski definition) is 2. The Morgan fingerprint density at radius 1 is 1.00 bits per heavy atom. The van der Waals surface area contributed by atoms with Crippen molar-refractivity contribution >= 4 is 0 Å². The summed E-state index contributed by atoms with van der Waals surface area (Å²) in [4.78, 5) is 2.86. The van der Waals surface area contributed by atoms with Gasteiger partial charge < -0.3 is 5.32 Å². The van der Waals surface area contributed by atoms with Gasteiger partial charge in [-0.3, -0.25) is 4.90 Å². The first-order chi connectivity index (χ1) is 8.99. The molecule has 0 aromatic carbocycles. The third-order valence-corrected chi connectivity index (χ3v) is 6.83. The van der Waals surface area contributed by atoms with Crippen LogP contribution in [0.5, 0.6) is 0 Å². The largest absolute Gasteiger partial charge is 0.310 e. The standard InChI is InChI=1S/C17H30N2/c1-16(2)12-6-8-17(3,10-12)15(16)19-9-7-14(11-19)18-13-4-5-13/h12-15,18H,4-11H2,1-3H3. The highest BCUT2D eigenvalue weighted by atomic mass is 15.2. The van der Waals surface area contributed by atoms with Crippen molar-refractivity contribution in [1.29, 1.82) is 0 Å². The molecule has 3 saturated carbocycles. The first-order valence-corrected chi connectivity index (χ1v) is 8.49. The fourth-order valence-corrected chi connectivity index (χ4v) is 5.93. The lowest BCUT2D eigenvalue weighted by molar-refractivity contribution is 0.0168. The second kappa shape index (κ2) is 3.98. The highest BCUT2D eigenvalue weighted by Gasteiger charge is 2.61. The van der Waals surface area contributed by atoms with Crippen LogP contribution in [0.25, 0.3) is 0 Å². The average Bonchev–Trinajstić information content (AvgIpc) is 2.79. The zero-order valence-corrected chi connectivity index (χ0v) is 12.9. The van der Waals surface area contributed by atoms with Crippen LogP contribution < -0.4 is 5.32 Å². The Morgan fingerprint density at radius 3 is 2.42 bits per heavy atom. The number of nitrogens with zero attached hydrogens (tertiary/aromatic N) is 1. The van der Waals surface area contributed by atoms with Crippen molar-refractivity contribution < 1.29 is 0 Å². The van der Waals surface area contributed by atoms with Crippen molar-refractivity contribution in [2.24, 2.45) is 16.7 Å². The quantitative estimate of drug-likeness (QED) is 0.841. The molecule has 1 aliphatic heterocycles. The normalized spacial score (nSPS) is 49.1. The van der Waals surface area contributed by atoms with E-state index in [1.165, 1.54) is 51.6 Å². The highest BCUT2D eigenvalue weighted by molar-refractivity contribution is 5.13. The van der Waals surface area contributed by atoms with E-state index in [1.807, 2.05) is 0 Å². The Balaban J connectivity index is 1.49. The molecule has 108 valence electrons. The molecule has 0 aromatic rings. The maximum absolute atomic E-state index is 3.85. The molecule has 0 aromatic heterocycles. The molecule has 4 unspecified atom stereocenters. The van der Waals surface area contributed by atoms with E-state index in [4.69, 9.17) is 0 Å². The van der Waals surface area contributed by atoms with Crippen molar-refractivity contribution in [3.05, 3.63) is 0 Å². The van der Waals surface area contributed by atoms with Gasteiger partial charge in [-0.25, -0.2) is 0 Å². The molecular weight excluding hydrogens is 232 g/mol. The number of hydrogen-bond donors (Lipinski definition) is 1. The molecule has 0 radical (unpaired) electrons. The number of nitrogens with one attached hydrogen (secondary N) is 1. The van der Waals surface area contributed by atoms with Crippen LogP contribution in [0, 0.1) is 16.7 Å². The molecule has 1 N–H and O–H groups in total. The van der Waals surface area contributed by atoms with Gasteiger partial charge in [-0.1, -0.05) is 20.8 Å². The summed E-state index contributed by atoms with van der Waals surface area (Å²) in [5, 5.41) is 3.85. The molecule has 4 rings (SSSR count). The average molecular weight is 262 g/mol. The summed E-state index contributed by atoms with van der Waals surface area (Å²) in [5.41, 5.74) is 1.16. The first kappa shape index (κ1) is 12.6. The zero-order chi connectivity index (χ0) is 13.3. The topological polar surface area (TPSA) is 15.3 Å². The van der Waals surface area contributed by atoms with Gasteiger partial charge in [0.2, 0.25) is 0 Å². The van der Waals surface area contributed by atoms with Gasteiger partial charge in [0, 0.05) is 31.2 Å². The lowest BCUT2D eigenvalue weighted by Gasteiger charge is -2.48. The van der Waals surface area contributed by atoms with Gasteiger partial charge >= 0.3 is 0 Å². The van der Waals surface area contributed by atoms with Crippen molar-refractivity contribution in [2.75, 3.05) is 13.1 Å². The lowest BCUT2D eigenvalue weighted by Crippen LogP contribution is -2.52. The van der Waals surface area contributed by atoms with Gasteiger partial charge in [-0.2, -0.15) is 0 Å². The minimum atomic E-state index is 0.543. The predicted octanol–water partition coefficient (Wildman–Crippen LogP) is 3.03. The second-order valence-electron chi connectivity index (χ2n) is 8.74. The Morgan fingerprint density at radius 2 is 1.79 bits per heavy atom. The molecule has 2 bridgehead atoms. The van der Waals surface area contributed by atoms with Gasteiger partial charge in [-0.05, 0) is 55.3 Å². The molecule has 1 heterocycles. The van der Waals surface area contributed by atoms with Crippen molar-refractivity contribution in [1.82, 2.24) is 10.2 Å². The second-order valence-corrected chi connectivity index (χ2v) is 8.74. The van der Waals surface area contributed by atoms with Crippen LogP contribution in [-0.2, 0) is 0 Å². The smallest absolute Gasteiger partial charge is 0.0209 e. The minimum absolute atomic E-state index is 0.543. The van der Waals surface area contributed by atoms with Gasteiger partial charge in [0.1, 0.15) is 0 Å². The monoisotopic (exact) mass is 262 g/mol. The van der Waals surface area contributed by atoms with Gasteiger partial charge in [-0.15, -0.1) is 0 Å². The molecule has 2 heteroatoms. The maximum atomic E-state index is 3.85. The minimum Gasteiger partial charge on any atom is -0.310 e.